The van der Waals surface area contributed by atoms with E-state index in [0.29, 0.717) is 0 Å². The zero-order valence-corrected chi connectivity index (χ0v) is 12.6. The first kappa shape index (κ1) is 17.4. The molecule has 0 bridgehead atoms. The van der Waals surface area contributed by atoms with Gasteiger partial charge in [0.05, 0.1) is 12.8 Å². The molecule has 18 heavy (non-hydrogen) atoms. The van der Waals surface area contributed by atoms with Gasteiger partial charge in [0.1, 0.15) is 5.76 Å². The number of nitrogens with one attached hydrogen (secondary N) is 1. The maximum atomic E-state index is 10.8. The molecular formula is C8H11N2NaO6S. The second-order valence-corrected chi connectivity index (χ2v) is 4.14. The number of nitrogens with zero attached hydrogens (tertiary/aromatic N) is 1. The fourth-order valence-corrected chi connectivity index (χ4v) is 1.31. The summed E-state index contributed by atoms with van der Waals surface area (Å²) in [6.07, 6.45) is 0.356. The van der Waals surface area contributed by atoms with Crippen molar-refractivity contribution in [2.75, 3.05) is 6.61 Å². The Kier molecular flexibility index (Phi) is 7.55. The van der Waals surface area contributed by atoms with Gasteiger partial charge in [-0.05, 0) is 29.9 Å². The van der Waals surface area contributed by atoms with E-state index in [1.165, 1.54) is 6.07 Å². The first-order valence-corrected chi connectivity index (χ1v) is 5.95. The van der Waals surface area contributed by atoms with E-state index in [0.717, 1.165) is 12.3 Å². The maximum absolute atomic E-state index is 10.8. The molecule has 0 spiro atoms. The zero-order valence-electron chi connectivity index (χ0n) is 9.82. The smallest absolute Gasteiger partial charge is 0.767 e. The summed E-state index contributed by atoms with van der Waals surface area (Å²) < 4.78 is 37.5. The number of rotatable bonds is 4. The molecular weight excluding hydrogens is 275 g/mol. The third-order valence-electron chi connectivity index (χ3n) is 1.49. The predicted molar refractivity (Wildman–Crippen MR) is 58.4 cm³/mol. The number of carbonyl (C=O) groups excluding carboxylic acids is 1. The second-order valence-electron chi connectivity index (χ2n) is 2.74. The van der Waals surface area contributed by atoms with E-state index in [1.807, 2.05) is 5.43 Å². The third-order valence-corrected chi connectivity index (χ3v) is 2.23. The monoisotopic (exact) mass is 286 g/mol. The van der Waals surface area contributed by atoms with Crippen molar-refractivity contribution < 1.29 is 57.2 Å². The molecule has 0 unspecified atom stereocenters. The standard InChI is InChI=1S/C8H12N2O6S.Na/c1-2-15-8(11)10-9-5-6-3-4-7(16-6)17(12,13)14;/h3-5,12-14H,2H2,1H3,(H,10,11);/q;+1/p-1/b9-5-;. The fourth-order valence-electron chi connectivity index (χ4n) is 0.859. The summed E-state index contributed by atoms with van der Waals surface area (Å²) in [5.74, 6) is 0.0904. The Hall–Kier alpha value is -0.550. The van der Waals surface area contributed by atoms with Gasteiger partial charge in [0.25, 0.3) is 0 Å². The number of hydrazone groups is 1. The van der Waals surface area contributed by atoms with Crippen molar-refractivity contribution in [1.29, 1.82) is 0 Å². The van der Waals surface area contributed by atoms with Crippen molar-refractivity contribution >= 4 is 23.2 Å². The van der Waals surface area contributed by atoms with Crippen LogP contribution in [0.4, 0.5) is 4.79 Å². The van der Waals surface area contributed by atoms with Crippen LogP contribution in [-0.4, -0.2) is 32.6 Å². The molecule has 0 radical (unpaired) electrons. The molecule has 8 nitrogen and oxygen atoms in total. The summed E-state index contributed by atoms with van der Waals surface area (Å²) in [4.78, 5) is 10.8. The van der Waals surface area contributed by atoms with Crippen molar-refractivity contribution in [2.24, 2.45) is 5.10 Å². The van der Waals surface area contributed by atoms with Crippen LogP contribution in [0.15, 0.2) is 26.7 Å². The average Bonchev–Trinajstić information content (AvgIpc) is 2.66. The van der Waals surface area contributed by atoms with Gasteiger partial charge in [-0.25, -0.2) is 10.2 Å². The Morgan fingerprint density at radius 3 is 2.83 bits per heavy atom. The van der Waals surface area contributed by atoms with Crippen LogP contribution in [0.2, 0.25) is 0 Å². The van der Waals surface area contributed by atoms with Gasteiger partial charge in [0.2, 0.25) is 0 Å². The van der Waals surface area contributed by atoms with Crippen molar-refractivity contribution in [1.82, 2.24) is 5.43 Å². The van der Waals surface area contributed by atoms with Gasteiger partial charge in [0, 0.05) is 0 Å². The molecule has 1 rings (SSSR count). The quantitative estimate of drug-likeness (QED) is 0.355. The van der Waals surface area contributed by atoms with Gasteiger partial charge in [-0.15, -0.1) is 0 Å². The van der Waals surface area contributed by atoms with E-state index < -0.39 is 22.1 Å². The fraction of sp³-hybridized carbons (Fsp3) is 0.250. The molecule has 0 atom stereocenters. The van der Waals surface area contributed by atoms with Crippen LogP contribution in [0.1, 0.15) is 12.7 Å². The molecule has 1 aromatic rings. The van der Waals surface area contributed by atoms with Gasteiger partial charge in [-0.2, -0.15) is 5.10 Å². The molecule has 3 N–H and O–H groups in total. The Bertz CT molecular complexity index is 416. The van der Waals surface area contributed by atoms with E-state index >= 15 is 0 Å². The first-order chi connectivity index (χ1) is 7.93. The molecule has 0 aliphatic heterocycles. The Morgan fingerprint density at radius 1 is 1.67 bits per heavy atom. The molecule has 0 aromatic carbocycles. The number of amides is 1. The maximum Gasteiger partial charge on any atom is 1.00 e. The summed E-state index contributed by atoms with van der Waals surface area (Å²) in [5, 5.41) is 2.97. The molecule has 0 saturated heterocycles. The van der Waals surface area contributed by atoms with Gasteiger partial charge >= 0.3 is 35.7 Å². The first-order valence-electron chi connectivity index (χ1n) is 4.48. The summed E-state index contributed by atoms with van der Waals surface area (Å²) >= 11 is 0. The Balaban J connectivity index is 0.00000289. The zero-order chi connectivity index (χ0) is 12.9. The number of furan rings is 1. The molecule has 1 aromatic heterocycles. The minimum Gasteiger partial charge on any atom is -0.767 e. The third kappa shape index (κ3) is 5.87. The summed E-state index contributed by atoms with van der Waals surface area (Å²) in [6, 6.07) is 2.42. The minimum absolute atomic E-state index is 0. The van der Waals surface area contributed by atoms with Gasteiger partial charge in [-0.1, -0.05) is 0 Å². The average molecular weight is 286 g/mol. The van der Waals surface area contributed by atoms with E-state index in [4.69, 9.17) is 13.5 Å². The Labute approximate surface area is 127 Å². The largest absolute Gasteiger partial charge is 1.00 e. The molecule has 0 fully saturated rings. The molecule has 1 heterocycles. The van der Waals surface area contributed by atoms with Crippen molar-refractivity contribution in [3.8, 4) is 0 Å². The summed E-state index contributed by atoms with van der Waals surface area (Å²) in [7, 11) is -4.12. The summed E-state index contributed by atoms with van der Waals surface area (Å²) in [5.41, 5.74) is 2.03. The van der Waals surface area contributed by atoms with Crippen LogP contribution in [-0.2, 0) is 4.74 Å². The van der Waals surface area contributed by atoms with Crippen molar-refractivity contribution in [2.45, 2.75) is 12.0 Å². The Morgan fingerprint density at radius 2 is 2.33 bits per heavy atom. The number of carbonyl (C=O) groups is 1. The van der Waals surface area contributed by atoms with E-state index in [-0.39, 0.29) is 41.9 Å². The number of hydrogen-bond acceptors (Lipinski definition) is 7. The van der Waals surface area contributed by atoms with Gasteiger partial charge in [-0.3, -0.25) is 0 Å². The summed E-state index contributed by atoms with van der Waals surface area (Å²) in [6.45, 7) is 1.85. The number of ether oxygens (including phenoxy) is 1. The SMILES string of the molecule is CCOC(=O)N/N=C\c1ccc(S([O-])(O)O)o1.[Na+]. The van der Waals surface area contributed by atoms with E-state index in [2.05, 4.69) is 9.84 Å². The van der Waals surface area contributed by atoms with E-state index in [1.54, 1.807) is 6.92 Å². The normalized spacial score (nSPS) is 12.0. The molecule has 0 aliphatic carbocycles. The van der Waals surface area contributed by atoms with Crippen LogP contribution < -0.4 is 35.0 Å². The van der Waals surface area contributed by atoms with Crippen LogP contribution >= 0.6 is 10.9 Å². The second kappa shape index (κ2) is 7.79. The van der Waals surface area contributed by atoms with Crippen molar-refractivity contribution in [3.63, 3.8) is 0 Å². The molecule has 0 saturated carbocycles. The molecule has 0 aliphatic rings. The van der Waals surface area contributed by atoms with Gasteiger partial charge < -0.3 is 22.8 Å². The van der Waals surface area contributed by atoms with Crippen LogP contribution in [0.25, 0.3) is 0 Å². The molecule has 10 heteroatoms. The predicted octanol–water partition coefficient (Wildman–Crippen LogP) is -1.40. The molecule has 96 valence electrons. The van der Waals surface area contributed by atoms with Crippen LogP contribution in [0, 0.1) is 0 Å². The van der Waals surface area contributed by atoms with E-state index in [9.17, 15) is 9.35 Å². The van der Waals surface area contributed by atoms with Crippen LogP contribution in [0.5, 0.6) is 0 Å². The van der Waals surface area contributed by atoms with Crippen molar-refractivity contribution in [3.05, 3.63) is 17.9 Å². The number of hydrogen-bond donors (Lipinski definition) is 3. The van der Waals surface area contributed by atoms with Crippen LogP contribution in [0.3, 0.4) is 0 Å². The topological polar surface area (TPSA) is 127 Å². The minimum atomic E-state index is -4.12. The van der Waals surface area contributed by atoms with Gasteiger partial charge in [0.15, 0.2) is 5.09 Å². The molecule has 1 amide bonds.